The summed E-state index contributed by atoms with van der Waals surface area (Å²) < 4.78 is 0. The van der Waals surface area contributed by atoms with Crippen LogP contribution < -0.4 is 5.32 Å². The molecule has 2 amide bonds. The zero-order valence-electron chi connectivity index (χ0n) is 9.54. The standard InChI is InChI=1S/C11H18N2O2/c1-7(14)12-4-10(15)13-5-8-9(6-13)11(8,2)3/h8-9H,4-6H2,1-3H3,(H,12,14). The molecule has 1 saturated carbocycles. The van der Waals surface area contributed by atoms with E-state index in [0.29, 0.717) is 17.3 Å². The summed E-state index contributed by atoms with van der Waals surface area (Å²) in [6.07, 6.45) is 0. The van der Waals surface area contributed by atoms with Crippen LogP contribution in [0.2, 0.25) is 0 Å². The van der Waals surface area contributed by atoms with Gasteiger partial charge in [-0.05, 0) is 17.3 Å². The van der Waals surface area contributed by atoms with E-state index in [9.17, 15) is 9.59 Å². The number of fused-ring (bicyclic) bond motifs is 1. The summed E-state index contributed by atoms with van der Waals surface area (Å²) in [4.78, 5) is 24.2. The van der Waals surface area contributed by atoms with Gasteiger partial charge in [0.05, 0.1) is 6.54 Å². The van der Waals surface area contributed by atoms with Crippen LogP contribution in [-0.4, -0.2) is 36.3 Å². The van der Waals surface area contributed by atoms with E-state index in [-0.39, 0.29) is 18.4 Å². The Labute approximate surface area is 90.0 Å². The van der Waals surface area contributed by atoms with E-state index in [2.05, 4.69) is 19.2 Å². The van der Waals surface area contributed by atoms with Gasteiger partial charge in [-0.25, -0.2) is 0 Å². The van der Waals surface area contributed by atoms with Crippen molar-refractivity contribution in [1.82, 2.24) is 10.2 Å². The van der Waals surface area contributed by atoms with Gasteiger partial charge >= 0.3 is 0 Å². The lowest BCUT2D eigenvalue weighted by Crippen LogP contribution is -2.40. The lowest BCUT2D eigenvalue weighted by atomic mass is 10.1. The molecule has 2 rings (SSSR count). The Morgan fingerprint density at radius 2 is 1.87 bits per heavy atom. The van der Waals surface area contributed by atoms with Crippen molar-refractivity contribution in [3.8, 4) is 0 Å². The third-order valence-corrected chi connectivity index (χ3v) is 3.96. The highest BCUT2D eigenvalue weighted by atomic mass is 16.2. The average Bonchev–Trinajstić information content (AvgIpc) is 2.55. The van der Waals surface area contributed by atoms with Gasteiger partial charge in [-0.3, -0.25) is 9.59 Å². The molecule has 1 aliphatic heterocycles. The van der Waals surface area contributed by atoms with Crippen LogP contribution in [0.4, 0.5) is 0 Å². The van der Waals surface area contributed by atoms with Crippen LogP contribution in [0.1, 0.15) is 20.8 Å². The van der Waals surface area contributed by atoms with Crippen molar-refractivity contribution >= 4 is 11.8 Å². The highest BCUT2D eigenvalue weighted by Gasteiger charge is 2.62. The first-order valence-corrected chi connectivity index (χ1v) is 5.45. The molecule has 15 heavy (non-hydrogen) atoms. The third kappa shape index (κ3) is 1.73. The van der Waals surface area contributed by atoms with Gasteiger partial charge in [0.25, 0.3) is 0 Å². The molecule has 0 radical (unpaired) electrons. The summed E-state index contributed by atoms with van der Waals surface area (Å²) in [6.45, 7) is 7.84. The maximum absolute atomic E-state index is 11.6. The highest BCUT2D eigenvalue weighted by molar-refractivity contribution is 5.84. The number of amides is 2. The summed E-state index contributed by atoms with van der Waals surface area (Å²) in [7, 11) is 0. The van der Waals surface area contributed by atoms with Crippen LogP contribution in [0.25, 0.3) is 0 Å². The van der Waals surface area contributed by atoms with Crippen molar-refractivity contribution in [3.63, 3.8) is 0 Å². The molecule has 0 aromatic heterocycles. The molecule has 1 N–H and O–H groups in total. The molecule has 0 bridgehead atoms. The Hall–Kier alpha value is -1.06. The number of likely N-dealkylation sites (tertiary alicyclic amines) is 1. The second kappa shape index (κ2) is 3.22. The molecule has 0 spiro atoms. The Morgan fingerprint density at radius 1 is 1.33 bits per heavy atom. The van der Waals surface area contributed by atoms with Gasteiger partial charge in [0.1, 0.15) is 0 Å². The van der Waals surface area contributed by atoms with Crippen molar-refractivity contribution < 1.29 is 9.59 Å². The lowest BCUT2D eigenvalue weighted by molar-refractivity contribution is -0.132. The molecule has 0 aromatic carbocycles. The summed E-state index contributed by atoms with van der Waals surface area (Å²) in [6, 6.07) is 0. The summed E-state index contributed by atoms with van der Waals surface area (Å²) in [5, 5.41) is 2.54. The number of carbonyl (C=O) groups excluding carboxylic acids is 2. The topological polar surface area (TPSA) is 49.4 Å². The molecule has 4 heteroatoms. The normalized spacial score (nSPS) is 31.0. The van der Waals surface area contributed by atoms with Crippen LogP contribution >= 0.6 is 0 Å². The minimum atomic E-state index is -0.145. The van der Waals surface area contributed by atoms with E-state index in [1.165, 1.54) is 6.92 Å². The zero-order chi connectivity index (χ0) is 11.2. The summed E-state index contributed by atoms with van der Waals surface area (Å²) >= 11 is 0. The van der Waals surface area contributed by atoms with E-state index in [4.69, 9.17) is 0 Å². The van der Waals surface area contributed by atoms with Crippen LogP contribution in [-0.2, 0) is 9.59 Å². The fourth-order valence-corrected chi connectivity index (χ4v) is 2.65. The molecule has 2 unspecified atom stereocenters. The molecule has 1 heterocycles. The van der Waals surface area contributed by atoms with E-state index in [1.54, 1.807) is 0 Å². The first kappa shape index (κ1) is 10.5. The molecule has 1 saturated heterocycles. The Bertz CT molecular complexity index is 298. The fraction of sp³-hybridized carbons (Fsp3) is 0.818. The predicted octanol–water partition coefficient (Wildman–Crippen LogP) is 0.237. The Morgan fingerprint density at radius 3 is 2.33 bits per heavy atom. The first-order valence-electron chi connectivity index (χ1n) is 5.45. The maximum Gasteiger partial charge on any atom is 0.241 e. The molecule has 2 atom stereocenters. The van der Waals surface area contributed by atoms with Crippen LogP contribution in [0.15, 0.2) is 0 Å². The van der Waals surface area contributed by atoms with Crippen LogP contribution in [0.3, 0.4) is 0 Å². The smallest absolute Gasteiger partial charge is 0.241 e. The number of nitrogens with one attached hydrogen (secondary N) is 1. The number of carbonyl (C=O) groups is 2. The molecule has 2 fully saturated rings. The zero-order valence-corrected chi connectivity index (χ0v) is 9.54. The van der Waals surface area contributed by atoms with Crippen molar-refractivity contribution in [2.24, 2.45) is 17.3 Å². The second-order valence-corrected chi connectivity index (χ2v) is 5.24. The fourth-order valence-electron chi connectivity index (χ4n) is 2.65. The van der Waals surface area contributed by atoms with E-state index in [1.807, 2.05) is 4.90 Å². The number of nitrogens with zero attached hydrogens (tertiary/aromatic N) is 1. The largest absolute Gasteiger partial charge is 0.347 e. The average molecular weight is 210 g/mol. The van der Waals surface area contributed by atoms with Gasteiger partial charge < -0.3 is 10.2 Å². The Kier molecular flexibility index (Phi) is 2.24. The van der Waals surface area contributed by atoms with Crippen LogP contribution in [0, 0.1) is 17.3 Å². The van der Waals surface area contributed by atoms with Crippen molar-refractivity contribution in [2.45, 2.75) is 20.8 Å². The minimum Gasteiger partial charge on any atom is -0.347 e. The second-order valence-electron chi connectivity index (χ2n) is 5.24. The quantitative estimate of drug-likeness (QED) is 0.709. The molecule has 1 aliphatic carbocycles. The third-order valence-electron chi connectivity index (χ3n) is 3.96. The van der Waals surface area contributed by atoms with E-state index >= 15 is 0 Å². The SMILES string of the molecule is CC(=O)NCC(=O)N1CC2C(C1)C2(C)C. The van der Waals surface area contributed by atoms with Gasteiger partial charge in [0, 0.05) is 20.0 Å². The minimum absolute atomic E-state index is 0.0493. The van der Waals surface area contributed by atoms with Crippen molar-refractivity contribution in [2.75, 3.05) is 19.6 Å². The number of hydrogen-bond acceptors (Lipinski definition) is 2. The molecule has 2 aliphatic rings. The number of rotatable bonds is 2. The van der Waals surface area contributed by atoms with Crippen molar-refractivity contribution in [1.29, 1.82) is 0 Å². The van der Waals surface area contributed by atoms with Gasteiger partial charge in [-0.1, -0.05) is 13.8 Å². The number of hydrogen-bond donors (Lipinski definition) is 1. The Balaban J connectivity index is 1.79. The summed E-state index contributed by atoms with van der Waals surface area (Å²) in [5.41, 5.74) is 0.435. The molecule has 0 aromatic rings. The summed E-state index contributed by atoms with van der Waals surface area (Å²) in [5.74, 6) is 1.26. The maximum atomic E-state index is 11.6. The molecule has 84 valence electrons. The van der Waals surface area contributed by atoms with Gasteiger partial charge in [-0.15, -0.1) is 0 Å². The van der Waals surface area contributed by atoms with Crippen molar-refractivity contribution in [3.05, 3.63) is 0 Å². The molecular weight excluding hydrogens is 192 g/mol. The predicted molar refractivity (Wildman–Crippen MR) is 56.0 cm³/mol. The molecule has 4 nitrogen and oxygen atoms in total. The van der Waals surface area contributed by atoms with E-state index in [0.717, 1.165) is 13.1 Å². The van der Waals surface area contributed by atoms with Gasteiger partial charge in [0.15, 0.2) is 0 Å². The van der Waals surface area contributed by atoms with Gasteiger partial charge in [0.2, 0.25) is 11.8 Å². The highest BCUT2D eigenvalue weighted by Crippen LogP contribution is 2.61. The van der Waals surface area contributed by atoms with Crippen LogP contribution in [0.5, 0.6) is 0 Å². The monoisotopic (exact) mass is 210 g/mol. The molecular formula is C11H18N2O2. The first-order chi connectivity index (χ1) is 6.93. The van der Waals surface area contributed by atoms with E-state index < -0.39 is 0 Å². The van der Waals surface area contributed by atoms with Gasteiger partial charge in [-0.2, -0.15) is 0 Å². The number of piperidine rings is 1. The lowest BCUT2D eigenvalue weighted by Gasteiger charge is -2.22.